The van der Waals surface area contributed by atoms with Gasteiger partial charge in [0.1, 0.15) is 21.8 Å². The Hall–Kier alpha value is -5.19. The number of carbonyl (C=O) groups excluding carboxylic acids is 1. The molecule has 0 aliphatic rings. The van der Waals surface area contributed by atoms with E-state index in [1.54, 1.807) is 41.3 Å². The molecule has 0 saturated carbocycles. The van der Waals surface area contributed by atoms with Crippen LogP contribution in [-0.2, 0) is 40.9 Å². The minimum Gasteiger partial charge on any atom is -0.496 e. The van der Waals surface area contributed by atoms with Gasteiger partial charge in [-0.05, 0) is 41.8 Å². The van der Waals surface area contributed by atoms with Gasteiger partial charge in [0.05, 0.1) is 27.0 Å². The normalized spacial score (nSPS) is 11.4. The Labute approximate surface area is 239 Å². The van der Waals surface area contributed by atoms with Crippen LogP contribution >= 0.6 is 0 Å². The van der Waals surface area contributed by atoms with Crippen LogP contribution in [0.4, 0.5) is 10.6 Å². The smallest absolute Gasteiger partial charge is 0.407 e. The van der Waals surface area contributed by atoms with Gasteiger partial charge in [0.25, 0.3) is 10.0 Å². The monoisotopic (exact) mass is 597 g/mol. The summed E-state index contributed by atoms with van der Waals surface area (Å²) in [5.41, 5.74) is 2.63. The molecule has 0 saturated heterocycles. The summed E-state index contributed by atoms with van der Waals surface area (Å²) in [6.45, 7) is 2.42. The van der Waals surface area contributed by atoms with Gasteiger partial charge in [-0.25, -0.2) is 13.2 Å². The summed E-state index contributed by atoms with van der Waals surface area (Å²) in [6.07, 6.45) is 3.47. The molecule has 17 heteroatoms. The number of aromatic amines is 1. The van der Waals surface area contributed by atoms with Crippen molar-refractivity contribution >= 4 is 32.9 Å². The van der Waals surface area contributed by atoms with Crippen molar-refractivity contribution in [3.8, 4) is 11.5 Å². The molecule has 0 spiro atoms. The lowest BCUT2D eigenvalue weighted by Gasteiger charge is -2.13. The lowest BCUT2D eigenvalue weighted by Crippen LogP contribution is -2.21. The largest absolute Gasteiger partial charge is 0.496 e. The minimum absolute atomic E-state index is 0.0466. The molecular formula is C25H27N9O7S. The summed E-state index contributed by atoms with van der Waals surface area (Å²) >= 11 is 0. The van der Waals surface area contributed by atoms with E-state index in [0.717, 1.165) is 16.7 Å². The molecule has 220 valence electrons. The Morgan fingerprint density at radius 2 is 1.98 bits per heavy atom. The summed E-state index contributed by atoms with van der Waals surface area (Å²) in [6, 6.07) is 8.34. The number of tetrazole rings is 1. The number of benzene rings is 2. The maximum Gasteiger partial charge on any atom is 0.407 e. The topological polar surface area (TPSA) is 201 Å². The number of hydrogen-bond donors (Lipinski definition) is 3. The summed E-state index contributed by atoms with van der Waals surface area (Å²) < 4.78 is 52.8. The summed E-state index contributed by atoms with van der Waals surface area (Å²) in [5.74, 6) is 0.664. The Balaban J connectivity index is 1.39. The number of ether oxygens (including phenoxy) is 3. The van der Waals surface area contributed by atoms with E-state index in [2.05, 4.69) is 45.7 Å². The highest BCUT2D eigenvalue weighted by molar-refractivity contribution is 7.92. The van der Waals surface area contributed by atoms with Gasteiger partial charge in [-0.3, -0.25) is 9.40 Å². The van der Waals surface area contributed by atoms with E-state index in [0.29, 0.717) is 29.7 Å². The number of carbonyl (C=O) groups is 1. The Morgan fingerprint density at radius 1 is 1.12 bits per heavy atom. The van der Waals surface area contributed by atoms with E-state index in [-0.39, 0.29) is 35.4 Å². The van der Waals surface area contributed by atoms with Gasteiger partial charge in [0, 0.05) is 18.3 Å². The lowest BCUT2D eigenvalue weighted by atomic mass is 10.1. The van der Waals surface area contributed by atoms with E-state index in [9.17, 15) is 13.2 Å². The van der Waals surface area contributed by atoms with Crippen molar-refractivity contribution in [2.24, 2.45) is 0 Å². The first-order valence-electron chi connectivity index (χ1n) is 12.6. The molecule has 0 unspecified atom stereocenters. The van der Waals surface area contributed by atoms with Crippen LogP contribution in [-0.4, -0.2) is 64.3 Å². The zero-order valence-corrected chi connectivity index (χ0v) is 23.6. The molecule has 0 bridgehead atoms. The number of nitrogens with one attached hydrogen (secondary N) is 3. The molecule has 3 N–H and O–H groups in total. The predicted molar refractivity (Wildman–Crippen MR) is 146 cm³/mol. The molecule has 0 radical (unpaired) electrons. The van der Waals surface area contributed by atoms with Crippen molar-refractivity contribution in [3.63, 3.8) is 0 Å². The number of aromatic nitrogens is 7. The standard InChI is InChI=1S/C25H27N9O7S/c1-4-15-5-6-18(40-14-22-28-32-33-29-22)21(9-15)42(36,37)31-24-23-19(38-2)7-16(8-20(23)41-30-24)12-34-13-17(11-27-34)10-26-25(35)39-3/h5-9,11,13H,4,10,12,14H2,1-3H3,(H,26,35)(H,30,31)(H,28,29,32,33). The third-order valence-electron chi connectivity index (χ3n) is 6.15. The number of sulfonamides is 1. The first kappa shape index (κ1) is 28.3. The van der Waals surface area contributed by atoms with E-state index in [1.165, 1.54) is 20.3 Å². The molecule has 0 atom stereocenters. The fourth-order valence-electron chi connectivity index (χ4n) is 4.10. The van der Waals surface area contributed by atoms with Crippen molar-refractivity contribution < 1.29 is 31.9 Å². The predicted octanol–water partition coefficient (Wildman–Crippen LogP) is 2.39. The molecule has 3 aromatic heterocycles. The number of rotatable bonds is 12. The SMILES string of the molecule is CCc1ccc(OCc2nn[nH]n2)c(S(=O)(=O)Nc2noc3cc(Cn4cc(CNC(=O)OC)cn4)cc(OC)c23)c1. The van der Waals surface area contributed by atoms with Crippen molar-refractivity contribution in [3.05, 3.63) is 65.2 Å². The summed E-state index contributed by atoms with van der Waals surface area (Å²) in [5, 5.41) is 24.7. The summed E-state index contributed by atoms with van der Waals surface area (Å²) in [7, 11) is -1.44. The fraction of sp³-hybridized carbons (Fsp3) is 0.280. The third kappa shape index (κ3) is 6.25. The highest BCUT2D eigenvalue weighted by atomic mass is 32.2. The van der Waals surface area contributed by atoms with Gasteiger partial charge in [0.15, 0.2) is 18.0 Å². The second-order valence-corrected chi connectivity index (χ2v) is 10.6. The van der Waals surface area contributed by atoms with E-state index < -0.39 is 16.1 Å². The van der Waals surface area contributed by atoms with Crippen LogP contribution in [0.2, 0.25) is 0 Å². The van der Waals surface area contributed by atoms with Crippen LogP contribution in [0.5, 0.6) is 11.5 Å². The maximum atomic E-state index is 13.6. The fourth-order valence-corrected chi connectivity index (χ4v) is 5.30. The van der Waals surface area contributed by atoms with E-state index in [4.69, 9.17) is 14.0 Å². The molecule has 5 rings (SSSR count). The molecule has 3 heterocycles. The van der Waals surface area contributed by atoms with Gasteiger partial charge in [0.2, 0.25) is 5.82 Å². The van der Waals surface area contributed by atoms with E-state index in [1.807, 2.05) is 6.92 Å². The van der Waals surface area contributed by atoms with Gasteiger partial charge >= 0.3 is 6.09 Å². The van der Waals surface area contributed by atoms with Gasteiger partial charge < -0.3 is 24.1 Å². The number of aryl methyl sites for hydroxylation is 1. The average Bonchev–Trinajstić information content (AvgIpc) is 3.76. The minimum atomic E-state index is -4.19. The molecule has 1 amide bonds. The molecule has 2 aromatic carbocycles. The van der Waals surface area contributed by atoms with Gasteiger partial charge in [-0.1, -0.05) is 23.4 Å². The third-order valence-corrected chi connectivity index (χ3v) is 7.51. The maximum absolute atomic E-state index is 13.6. The number of alkyl carbamates (subject to hydrolysis) is 1. The molecule has 42 heavy (non-hydrogen) atoms. The number of fused-ring (bicyclic) bond motifs is 1. The van der Waals surface area contributed by atoms with Crippen molar-refractivity contribution in [1.29, 1.82) is 0 Å². The second kappa shape index (κ2) is 12.1. The van der Waals surface area contributed by atoms with Crippen molar-refractivity contribution in [2.75, 3.05) is 18.9 Å². The highest BCUT2D eigenvalue weighted by Gasteiger charge is 2.25. The van der Waals surface area contributed by atoms with Crippen LogP contribution in [0, 0.1) is 0 Å². The Bertz CT molecular complexity index is 1800. The van der Waals surface area contributed by atoms with Crippen LogP contribution in [0.15, 0.2) is 52.1 Å². The van der Waals surface area contributed by atoms with Crippen LogP contribution in [0.3, 0.4) is 0 Å². The molecule has 0 aliphatic heterocycles. The van der Waals surface area contributed by atoms with Crippen LogP contribution in [0.1, 0.15) is 29.4 Å². The van der Waals surface area contributed by atoms with Crippen LogP contribution < -0.4 is 19.5 Å². The Morgan fingerprint density at radius 3 is 2.71 bits per heavy atom. The van der Waals surface area contributed by atoms with Crippen LogP contribution in [0.25, 0.3) is 11.0 Å². The van der Waals surface area contributed by atoms with E-state index >= 15 is 0 Å². The quantitative estimate of drug-likeness (QED) is 0.190. The first-order chi connectivity index (χ1) is 20.3. The number of nitrogens with zero attached hydrogens (tertiary/aromatic N) is 6. The molecule has 0 fully saturated rings. The first-order valence-corrected chi connectivity index (χ1v) is 14.1. The number of hydrogen-bond acceptors (Lipinski definition) is 12. The molecule has 16 nitrogen and oxygen atoms in total. The molecular weight excluding hydrogens is 570 g/mol. The number of amides is 1. The number of methoxy groups -OCH3 is 2. The van der Waals surface area contributed by atoms with Crippen molar-refractivity contribution in [1.82, 2.24) is 40.9 Å². The second-order valence-electron chi connectivity index (χ2n) is 8.95. The zero-order chi connectivity index (χ0) is 29.7. The number of anilines is 1. The average molecular weight is 598 g/mol. The summed E-state index contributed by atoms with van der Waals surface area (Å²) in [4.78, 5) is 11.2. The molecule has 0 aliphatic carbocycles. The van der Waals surface area contributed by atoms with Gasteiger partial charge in [-0.2, -0.15) is 10.3 Å². The zero-order valence-electron chi connectivity index (χ0n) is 22.8. The Kier molecular flexibility index (Phi) is 8.19. The van der Waals surface area contributed by atoms with Crippen molar-refractivity contribution in [2.45, 2.75) is 37.9 Å². The molecule has 5 aromatic rings. The number of H-pyrrole nitrogens is 1. The lowest BCUT2D eigenvalue weighted by molar-refractivity contribution is 0.170. The highest BCUT2D eigenvalue weighted by Crippen LogP contribution is 2.36. The van der Waals surface area contributed by atoms with Gasteiger partial charge in [-0.15, -0.1) is 10.2 Å².